The minimum Gasteiger partial charge on any atom is -0.388 e. The first-order valence-electron chi connectivity index (χ1n) is 6.65. The standard InChI is InChI=1S/C17H19BrO/c1-13-10-11-15(18)12-16(13)17(19)9-5-8-14-6-3-2-4-7-14/h2-4,6-7,10-12,17,19H,5,8-9H2,1H3. The summed E-state index contributed by atoms with van der Waals surface area (Å²) in [6.45, 7) is 2.04. The van der Waals surface area contributed by atoms with Crippen LogP contribution in [0.15, 0.2) is 53.0 Å². The Balaban J connectivity index is 1.91. The van der Waals surface area contributed by atoms with Crippen LogP contribution in [0, 0.1) is 6.92 Å². The number of rotatable bonds is 5. The van der Waals surface area contributed by atoms with E-state index in [0.717, 1.165) is 34.9 Å². The maximum absolute atomic E-state index is 10.3. The van der Waals surface area contributed by atoms with Crippen molar-refractivity contribution in [2.24, 2.45) is 0 Å². The molecule has 0 fully saturated rings. The molecule has 2 heteroatoms. The van der Waals surface area contributed by atoms with Gasteiger partial charge in [0.05, 0.1) is 6.10 Å². The summed E-state index contributed by atoms with van der Waals surface area (Å²) in [4.78, 5) is 0. The van der Waals surface area contributed by atoms with E-state index in [1.165, 1.54) is 5.56 Å². The van der Waals surface area contributed by atoms with Crippen LogP contribution < -0.4 is 0 Å². The van der Waals surface area contributed by atoms with Crippen LogP contribution in [0.5, 0.6) is 0 Å². The Kier molecular flexibility index (Phi) is 5.17. The van der Waals surface area contributed by atoms with Crippen LogP contribution in [0.25, 0.3) is 0 Å². The summed E-state index contributed by atoms with van der Waals surface area (Å²) < 4.78 is 1.02. The third kappa shape index (κ3) is 4.19. The molecule has 0 radical (unpaired) electrons. The van der Waals surface area contributed by atoms with Gasteiger partial charge in [-0.25, -0.2) is 0 Å². The third-order valence-electron chi connectivity index (χ3n) is 3.39. The smallest absolute Gasteiger partial charge is 0.0793 e. The maximum atomic E-state index is 10.3. The quantitative estimate of drug-likeness (QED) is 0.838. The number of aliphatic hydroxyl groups is 1. The molecule has 0 aliphatic rings. The molecule has 0 aromatic heterocycles. The molecule has 2 aromatic carbocycles. The van der Waals surface area contributed by atoms with Gasteiger partial charge in [-0.2, -0.15) is 0 Å². The second-order valence-electron chi connectivity index (χ2n) is 4.89. The van der Waals surface area contributed by atoms with Crippen molar-refractivity contribution in [2.45, 2.75) is 32.3 Å². The zero-order chi connectivity index (χ0) is 13.7. The van der Waals surface area contributed by atoms with Crippen LogP contribution in [0.3, 0.4) is 0 Å². The van der Waals surface area contributed by atoms with E-state index in [-0.39, 0.29) is 6.10 Å². The van der Waals surface area contributed by atoms with Gasteiger partial charge in [0.1, 0.15) is 0 Å². The molecule has 100 valence electrons. The molecule has 0 saturated carbocycles. The lowest BCUT2D eigenvalue weighted by Gasteiger charge is -2.14. The van der Waals surface area contributed by atoms with E-state index < -0.39 is 0 Å². The first-order chi connectivity index (χ1) is 9.16. The molecule has 1 nitrogen and oxygen atoms in total. The van der Waals surface area contributed by atoms with Crippen molar-refractivity contribution in [3.05, 3.63) is 69.7 Å². The molecule has 0 aliphatic carbocycles. The molecule has 2 rings (SSSR count). The minimum absolute atomic E-state index is 0.374. The second-order valence-corrected chi connectivity index (χ2v) is 5.81. The van der Waals surface area contributed by atoms with Crippen LogP contribution in [-0.2, 0) is 6.42 Å². The first kappa shape index (κ1) is 14.3. The van der Waals surface area contributed by atoms with Gasteiger partial charge in [-0.05, 0) is 55.0 Å². The highest BCUT2D eigenvalue weighted by atomic mass is 79.9. The van der Waals surface area contributed by atoms with Crippen molar-refractivity contribution in [3.63, 3.8) is 0 Å². The topological polar surface area (TPSA) is 20.2 Å². The van der Waals surface area contributed by atoms with E-state index in [0.29, 0.717) is 0 Å². The fraction of sp³-hybridized carbons (Fsp3) is 0.294. The zero-order valence-corrected chi connectivity index (χ0v) is 12.7. The van der Waals surface area contributed by atoms with Gasteiger partial charge in [-0.15, -0.1) is 0 Å². The maximum Gasteiger partial charge on any atom is 0.0793 e. The molecule has 2 aromatic rings. The summed E-state index contributed by atoms with van der Waals surface area (Å²) in [5, 5.41) is 10.3. The summed E-state index contributed by atoms with van der Waals surface area (Å²) in [6, 6.07) is 16.5. The molecule has 0 saturated heterocycles. The van der Waals surface area contributed by atoms with Crippen molar-refractivity contribution in [1.82, 2.24) is 0 Å². The minimum atomic E-state index is -0.374. The molecule has 19 heavy (non-hydrogen) atoms. The molecule has 0 spiro atoms. The van der Waals surface area contributed by atoms with Crippen molar-refractivity contribution < 1.29 is 5.11 Å². The molecule has 1 N–H and O–H groups in total. The van der Waals surface area contributed by atoms with E-state index in [1.807, 2.05) is 31.2 Å². The Hall–Kier alpha value is -1.12. The molecule has 1 atom stereocenters. The lowest BCUT2D eigenvalue weighted by Crippen LogP contribution is -2.01. The lowest BCUT2D eigenvalue weighted by atomic mass is 9.98. The van der Waals surface area contributed by atoms with Gasteiger partial charge in [0.2, 0.25) is 0 Å². The summed E-state index contributed by atoms with van der Waals surface area (Å²) in [5.41, 5.74) is 3.51. The largest absolute Gasteiger partial charge is 0.388 e. The average molecular weight is 319 g/mol. The van der Waals surface area contributed by atoms with Gasteiger partial charge in [-0.3, -0.25) is 0 Å². The Labute approximate surface area is 123 Å². The van der Waals surface area contributed by atoms with Crippen LogP contribution in [-0.4, -0.2) is 5.11 Å². The van der Waals surface area contributed by atoms with Gasteiger partial charge < -0.3 is 5.11 Å². The third-order valence-corrected chi connectivity index (χ3v) is 3.88. The summed E-state index contributed by atoms with van der Waals surface area (Å²) >= 11 is 3.46. The van der Waals surface area contributed by atoms with Gasteiger partial charge in [0, 0.05) is 4.47 Å². The van der Waals surface area contributed by atoms with E-state index in [2.05, 4.69) is 40.2 Å². The van der Waals surface area contributed by atoms with Crippen LogP contribution in [0.1, 0.15) is 35.6 Å². The Morgan fingerprint density at radius 1 is 1.11 bits per heavy atom. The van der Waals surface area contributed by atoms with Gasteiger partial charge in [0.15, 0.2) is 0 Å². The molecule has 0 amide bonds. The predicted molar refractivity (Wildman–Crippen MR) is 83.2 cm³/mol. The van der Waals surface area contributed by atoms with Crippen molar-refractivity contribution in [3.8, 4) is 0 Å². The molecule has 0 heterocycles. The van der Waals surface area contributed by atoms with Crippen LogP contribution in [0.2, 0.25) is 0 Å². The number of hydrogen-bond donors (Lipinski definition) is 1. The summed E-state index contributed by atoms with van der Waals surface area (Å²) in [6.07, 6.45) is 2.44. The monoisotopic (exact) mass is 318 g/mol. The van der Waals surface area contributed by atoms with Gasteiger partial charge in [-0.1, -0.05) is 52.3 Å². The Morgan fingerprint density at radius 3 is 2.58 bits per heavy atom. The highest BCUT2D eigenvalue weighted by Crippen LogP contribution is 2.25. The fourth-order valence-electron chi connectivity index (χ4n) is 2.27. The number of halogens is 1. The predicted octanol–water partition coefficient (Wildman–Crippen LogP) is 4.81. The molecule has 1 unspecified atom stereocenters. The van der Waals surface area contributed by atoms with E-state index in [4.69, 9.17) is 0 Å². The normalized spacial score (nSPS) is 12.4. The van der Waals surface area contributed by atoms with E-state index in [1.54, 1.807) is 0 Å². The average Bonchev–Trinajstić information content (AvgIpc) is 2.42. The fourth-order valence-corrected chi connectivity index (χ4v) is 2.65. The molecular formula is C17H19BrO. The molecule has 0 aliphatic heterocycles. The van der Waals surface area contributed by atoms with E-state index >= 15 is 0 Å². The van der Waals surface area contributed by atoms with E-state index in [9.17, 15) is 5.11 Å². The van der Waals surface area contributed by atoms with Gasteiger partial charge in [0.25, 0.3) is 0 Å². The zero-order valence-electron chi connectivity index (χ0n) is 11.1. The van der Waals surface area contributed by atoms with Crippen molar-refractivity contribution in [2.75, 3.05) is 0 Å². The highest BCUT2D eigenvalue weighted by Gasteiger charge is 2.10. The Morgan fingerprint density at radius 2 is 1.84 bits per heavy atom. The first-order valence-corrected chi connectivity index (χ1v) is 7.44. The number of hydrogen-bond acceptors (Lipinski definition) is 1. The van der Waals surface area contributed by atoms with Crippen LogP contribution >= 0.6 is 15.9 Å². The molecule has 0 bridgehead atoms. The lowest BCUT2D eigenvalue weighted by molar-refractivity contribution is 0.164. The number of benzene rings is 2. The van der Waals surface area contributed by atoms with Crippen molar-refractivity contribution in [1.29, 1.82) is 0 Å². The Bertz CT molecular complexity index is 522. The summed E-state index contributed by atoms with van der Waals surface area (Å²) in [5.74, 6) is 0. The van der Waals surface area contributed by atoms with Crippen LogP contribution in [0.4, 0.5) is 0 Å². The number of aliphatic hydroxyl groups excluding tert-OH is 1. The van der Waals surface area contributed by atoms with Crippen molar-refractivity contribution >= 4 is 15.9 Å². The van der Waals surface area contributed by atoms with Gasteiger partial charge >= 0.3 is 0 Å². The number of aryl methyl sites for hydroxylation is 2. The molecular weight excluding hydrogens is 300 g/mol. The highest BCUT2D eigenvalue weighted by molar-refractivity contribution is 9.10. The summed E-state index contributed by atoms with van der Waals surface area (Å²) in [7, 11) is 0. The second kappa shape index (κ2) is 6.88. The SMILES string of the molecule is Cc1ccc(Br)cc1C(O)CCCc1ccccc1.